The van der Waals surface area contributed by atoms with Crippen LogP contribution in [0.1, 0.15) is 42.6 Å². The molecule has 4 heteroatoms. The van der Waals surface area contributed by atoms with Crippen molar-refractivity contribution in [3.63, 3.8) is 0 Å². The first-order chi connectivity index (χ1) is 10.1. The number of hydrogen-bond donors (Lipinski definition) is 1. The van der Waals surface area contributed by atoms with E-state index in [1.54, 1.807) is 6.92 Å². The molecule has 1 aromatic heterocycles. The zero-order valence-electron chi connectivity index (χ0n) is 12.4. The van der Waals surface area contributed by atoms with Crippen LogP contribution in [0.15, 0.2) is 18.2 Å². The summed E-state index contributed by atoms with van der Waals surface area (Å²) in [7, 11) is 0. The maximum Gasteiger partial charge on any atom is 0.129 e. The molecule has 1 fully saturated rings. The van der Waals surface area contributed by atoms with E-state index in [2.05, 4.69) is 11.0 Å². The Morgan fingerprint density at radius 1 is 1.33 bits per heavy atom. The van der Waals surface area contributed by atoms with Gasteiger partial charge in [0.2, 0.25) is 0 Å². The lowest BCUT2D eigenvalue weighted by Gasteiger charge is -2.19. The van der Waals surface area contributed by atoms with Crippen LogP contribution in [0.25, 0.3) is 10.9 Å². The number of fused-ring (bicyclic) bond motifs is 1. The van der Waals surface area contributed by atoms with Crippen molar-refractivity contribution in [3.05, 3.63) is 34.9 Å². The van der Waals surface area contributed by atoms with E-state index in [4.69, 9.17) is 4.98 Å². The van der Waals surface area contributed by atoms with Gasteiger partial charge in [-0.3, -0.25) is 0 Å². The molecule has 4 nitrogen and oxygen atoms in total. The van der Waals surface area contributed by atoms with Crippen molar-refractivity contribution >= 4 is 16.7 Å². The predicted molar refractivity (Wildman–Crippen MR) is 83.3 cm³/mol. The van der Waals surface area contributed by atoms with Gasteiger partial charge in [-0.1, -0.05) is 0 Å². The van der Waals surface area contributed by atoms with Gasteiger partial charge < -0.3 is 10.0 Å². The molecule has 1 N–H and O–H groups in total. The molecule has 2 aromatic rings. The van der Waals surface area contributed by atoms with Crippen LogP contribution in [0.3, 0.4) is 0 Å². The second-order valence-electron chi connectivity index (χ2n) is 5.71. The van der Waals surface area contributed by atoms with Gasteiger partial charge in [0.15, 0.2) is 0 Å². The maximum absolute atomic E-state index is 10.0. The summed E-state index contributed by atoms with van der Waals surface area (Å²) in [5.74, 6) is 0.939. The molecule has 2 heterocycles. The van der Waals surface area contributed by atoms with Crippen LogP contribution in [0.2, 0.25) is 0 Å². The van der Waals surface area contributed by atoms with Gasteiger partial charge in [-0.05, 0) is 50.5 Å². The van der Waals surface area contributed by atoms with Gasteiger partial charge in [-0.15, -0.1) is 0 Å². The third kappa shape index (κ3) is 2.34. The fourth-order valence-electron chi connectivity index (χ4n) is 3.05. The maximum atomic E-state index is 10.0. The lowest BCUT2D eigenvalue weighted by Crippen LogP contribution is -2.19. The van der Waals surface area contributed by atoms with E-state index in [1.165, 1.54) is 12.8 Å². The van der Waals surface area contributed by atoms with Crippen LogP contribution >= 0.6 is 0 Å². The van der Waals surface area contributed by atoms with E-state index in [9.17, 15) is 10.4 Å². The van der Waals surface area contributed by atoms with Gasteiger partial charge in [0.25, 0.3) is 0 Å². The van der Waals surface area contributed by atoms with E-state index < -0.39 is 6.10 Å². The summed E-state index contributed by atoms with van der Waals surface area (Å²) in [5.41, 5.74) is 3.07. The summed E-state index contributed by atoms with van der Waals surface area (Å²) < 4.78 is 0. The number of hydrogen-bond acceptors (Lipinski definition) is 4. The lowest BCUT2D eigenvalue weighted by atomic mass is 9.97. The minimum absolute atomic E-state index is 0.597. The van der Waals surface area contributed by atoms with Gasteiger partial charge in [0.1, 0.15) is 11.9 Å². The second kappa shape index (κ2) is 5.34. The molecule has 0 spiro atoms. The third-order valence-electron chi connectivity index (χ3n) is 4.18. The molecule has 108 valence electrons. The predicted octanol–water partition coefficient (Wildman–Crippen LogP) is 3.07. The molecule has 1 aliphatic heterocycles. The Hall–Kier alpha value is -2.12. The highest BCUT2D eigenvalue weighted by atomic mass is 16.3. The van der Waals surface area contributed by atoms with E-state index >= 15 is 0 Å². The fraction of sp³-hybridized carbons (Fsp3) is 0.412. The molecule has 21 heavy (non-hydrogen) atoms. The number of aliphatic hydroxyl groups excluding tert-OH is 1. The standard InChI is InChI=1S/C17H19N3O/c1-11-9-14(12(2)21)17-13(15(11)10-18)5-6-16(19-17)20-7-3-4-8-20/h5-6,9,12,21H,3-4,7-8H2,1-2H3. The molecular formula is C17H19N3O. The zero-order chi connectivity index (χ0) is 15.0. The van der Waals surface area contributed by atoms with Crippen LogP contribution in [-0.2, 0) is 0 Å². The first kappa shape index (κ1) is 13.8. The number of nitrogens with zero attached hydrogens (tertiary/aromatic N) is 3. The smallest absolute Gasteiger partial charge is 0.129 e. The minimum Gasteiger partial charge on any atom is -0.389 e. The number of aromatic nitrogens is 1. The lowest BCUT2D eigenvalue weighted by molar-refractivity contribution is 0.200. The van der Waals surface area contributed by atoms with Gasteiger partial charge in [0, 0.05) is 24.0 Å². The summed E-state index contributed by atoms with van der Waals surface area (Å²) in [6.45, 7) is 5.70. The van der Waals surface area contributed by atoms with Crippen LogP contribution in [0.5, 0.6) is 0 Å². The van der Waals surface area contributed by atoms with E-state index in [0.29, 0.717) is 5.56 Å². The SMILES string of the molecule is Cc1cc(C(C)O)c2nc(N3CCCC3)ccc2c1C#N. The van der Waals surface area contributed by atoms with Crippen molar-refractivity contribution in [2.75, 3.05) is 18.0 Å². The number of benzene rings is 1. The van der Waals surface area contributed by atoms with Gasteiger partial charge in [-0.2, -0.15) is 5.26 Å². The van der Waals surface area contributed by atoms with Gasteiger partial charge in [-0.25, -0.2) is 4.98 Å². The summed E-state index contributed by atoms with van der Waals surface area (Å²) in [6.07, 6.45) is 1.79. The molecular weight excluding hydrogens is 262 g/mol. The quantitative estimate of drug-likeness (QED) is 0.919. The first-order valence-electron chi connectivity index (χ1n) is 7.39. The Morgan fingerprint density at radius 3 is 2.67 bits per heavy atom. The highest BCUT2D eigenvalue weighted by Crippen LogP contribution is 2.30. The Morgan fingerprint density at radius 2 is 2.05 bits per heavy atom. The topological polar surface area (TPSA) is 60.2 Å². The van der Waals surface area contributed by atoms with Crippen molar-refractivity contribution in [2.45, 2.75) is 32.8 Å². The first-order valence-corrected chi connectivity index (χ1v) is 7.39. The summed E-state index contributed by atoms with van der Waals surface area (Å²) in [6, 6.07) is 8.09. The van der Waals surface area contributed by atoms with Crippen molar-refractivity contribution in [2.24, 2.45) is 0 Å². The molecule has 1 aliphatic rings. The average molecular weight is 281 g/mol. The second-order valence-corrected chi connectivity index (χ2v) is 5.71. The summed E-state index contributed by atoms with van der Waals surface area (Å²) in [5, 5.41) is 20.2. The highest BCUT2D eigenvalue weighted by Gasteiger charge is 2.18. The summed E-state index contributed by atoms with van der Waals surface area (Å²) in [4.78, 5) is 7.00. The van der Waals surface area contributed by atoms with Crippen molar-refractivity contribution in [3.8, 4) is 6.07 Å². The molecule has 3 rings (SSSR count). The van der Waals surface area contributed by atoms with Crippen LogP contribution < -0.4 is 4.90 Å². The Kier molecular flexibility index (Phi) is 3.52. The molecule has 0 radical (unpaired) electrons. The molecule has 1 unspecified atom stereocenters. The zero-order valence-corrected chi connectivity index (χ0v) is 12.4. The molecule has 1 saturated heterocycles. The highest BCUT2D eigenvalue weighted by molar-refractivity contribution is 5.90. The number of anilines is 1. The monoisotopic (exact) mass is 281 g/mol. The van der Waals surface area contributed by atoms with Gasteiger partial charge >= 0.3 is 0 Å². The Labute approximate surface area is 124 Å². The molecule has 0 amide bonds. The minimum atomic E-state index is -0.597. The van der Waals surface area contributed by atoms with Crippen LogP contribution in [-0.4, -0.2) is 23.2 Å². The Bertz CT molecular complexity index is 725. The number of pyridine rings is 1. The largest absolute Gasteiger partial charge is 0.389 e. The van der Waals surface area contributed by atoms with E-state index in [0.717, 1.165) is 40.9 Å². The Balaban J connectivity index is 2.25. The van der Waals surface area contributed by atoms with E-state index in [1.807, 2.05) is 25.1 Å². The number of aliphatic hydroxyl groups is 1. The van der Waals surface area contributed by atoms with Crippen molar-refractivity contribution < 1.29 is 5.11 Å². The van der Waals surface area contributed by atoms with Crippen LogP contribution in [0, 0.1) is 18.3 Å². The fourth-order valence-corrected chi connectivity index (χ4v) is 3.05. The molecule has 0 bridgehead atoms. The van der Waals surface area contributed by atoms with Crippen LogP contribution in [0.4, 0.5) is 5.82 Å². The molecule has 0 aliphatic carbocycles. The summed E-state index contributed by atoms with van der Waals surface area (Å²) >= 11 is 0. The van der Waals surface area contributed by atoms with E-state index in [-0.39, 0.29) is 0 Å². The molecule has 0 saturated carbocycles. The van der Waals surface area contributed by atoms with Crippen molar-refractivity contribution in [1.29, 1.82) is 5.26 Å². The number of aryl methyl sites for hydroxylation is 1. The van der Waals surface area contributed by atoms with Crippen molar-refractivity contribution in [1.82, 2.24) is 4.98 Å². The number of nitriles is 1. The normalized spacial score (nSPS) is 16.2. The molecule has 1 aromatic carbocycles. The number of rotatable bonds is 2. The molecule has 1 atom stereocenters. The third-order valence-corrected chi connectivity index (χ3v) is 4.18. The van der Waals surface area contributed by atoms with Gasteiger partial charge in [0.05, 0.1) is 17.2 Å². The average Bonchev–Trinajstić information content (AvgIpc) is 3.00.